The van der Waals surface area contributed by atoms with Crippen molar-refractivity contribution in [3.05, 3.63) is 29.8 Å². The Morgan fingerprint density at radius 2 is 1.79 bits per heavy atom. The van der Waals surface area contributed by atoms with Crippen LogP contribution in [0.4, 0.5) is 0 Å². The maximum absolute atomic E-state index is 5.51. The first-order chi connectivity index (χ1) is 9.22. The van der Waals surface area contributed by atoms with E-state index >= 15 is 0 Å². The van der Waals surface area contributed by atoms with Crippen LogP contribution in [0.25, 0.3) is 0 Å². The summed E-state index contributed by atoms with van der Waals surface area (Å²) < 4.78 is 5.51. The highest BCUT2D eigenvalue weighted by atomic mass is 16.5. The summed E-state index contributed by atoms with van der Waals surface area (Å²) in [4.78, 5) is 0. The van der Waals surface area contributed by atoms with Gasteiger partial charge in [0.2, 0.25) is 0 Å². The van der Waals surface area contributed by atoms with Gasteiger partial charge in [-0.25, -0.2) is 0 Å². The molecule has 1 aromatic rings. The fourth-order valence-electron chi connectivity index (χ4n) is 2.58. The second-order valence-corrected chi connectivity index (χ2v) is 5.18. The van der Waals surface area contributed by atoms with E-state index in [0.717, 1.165) is 25.4 Å². The summed E-state index contributed by atoms with van der Waals surface area (Å²) in [6.45, 7) is 11.6. The molecule has 19 heavy (non-hydrogen) atoms. The molecule has 0 aromatic heterocycles. The summed E-state index contributed by atoms with van der Waals surface area (Å²) in [6.07, 6.45) is 2.53. The summed E-state index contributed by atoms with van der Waals surface area (Å²) in [7, 11) is 0. The van der Waals surface area contributed by atoms with Gasteiger partial charge in [-0.3, -0.25) is 0 Å². The summed E-state index contributed by atoms with van der Waals surface area (Å²) >= 11 is 0. The van der Waals surface area contributed by atoms with Gasteiger partial charge in [0, 0.05) is 6.54 Å². The molecule has 0 aliphatic rings. The van der Waals surface area contributed by atoms with Crippen LogP contribution in [0.2, 0.25) is 0 Å². The number of hydrogen-bond acceptors (Lipinski definition) is 2. The highest BCUT2D eigenvalue weighted by Gasteiger charge is 2.18. The SMILES string of the molecule is CCCC(C)C(CNCC)c1ccc(OCC)cc1. The maximum Gasteiger partial charge on any atom is 0.119 e. The molecule has 0 aliphatic heterocycles. The zero-order valence-corrected chi connectivity index (χ0v) is 12.9. The van der Waals surface area contributed by atoms with Crippen molar-refractivity contribution < 1.29 is 4.74 Å². The maximum atomic E-state index is 5.51. The van der Waals surface area contributed by atoms with Gasteiger partial charge < -0.3 is 10.1 Å². The molecule has 1 aromatic carbocycles. The first kappa shape index (κ1) is 16.0. The summed E-state index contributed by atoms with van der Waals surface area (Å²) in [5, 5.41) is 3.49. The van der Waals surface area contributed by atoms with Crippen molar-refractivity contribution in [2.75, 3.05) is 19.7 Å². The summed E-state index contributed by atoms with van der Waals surface area (Å²) in [5.74, 6) is 2.27. The van der Waals surface area contributed by atoms with Crippen LogP contribution in [-0.4, -0.2) is 19.7 Å². The first-order valence-electron chi connectivity index (χ1n) is 7.66. The van der Waals surface area contributed by atoms with Crippen molar-refractivity contribution >= 4 is 0 Å². The third-order valence-corrected chi connectivity index (χ3v) is 3.66. The minimum atomic E-state index is 0.593. The Morgan fingerprint density at radius 1 is 1.11 bits per heavy atom. The van der Waals surface area contributed by atoms with Crippen LogP contribution >= 0.6 is 0 Å². The third kappa shape index (κ3) is 5.23. The Bertz CT molecular complexity index is 334. The predicted octanol–water partition coefficient (Wildman–Crippen LogP) is 4.21. The molecular weight excluding hydrogens is 234 g/mol. The molecule has 108 valence electrons. The zero-order valence-electron chi connectivity index (χ0n) is 12.9. The number of hydrogen-bond donors (Lipinski definition) is 1. The molecule has 1 rings (SSSR count). The smallest absolute Gasteiger partial charge is 0.119 e. The lowest BCUT2D eigenvalue weighted by Gasteiger charge is -2.24. The van der Waals surface area contributed by atoms with Gasteiger partial charge in [-0.2, -0.15) is 0 Å². The van der Waals surface area contributed by atoms with Crippen molar-refractivity contribution in [1.29, 1.82) is 0 Å². The number of likely N-dealkylation sites (N-methyl/N-ethyl adjacent to an activating group) is 1. The monoisotopic (exact) mass is 263 g/mol. The largest absolute Gasteiger partial charge is 0.494 e. The molecular formula is C17H29NO. The predicted molar refractivity (Wildman–Crippen MR) is 83.0 cm³/mol. The van der Waals surface area contributed by atoms with Crippen molar-refractivity contribution in [2.45, 2.75) is 46.5 Å². The van der Waals surface area contributed by atoms with Gasteiger partial charge in [0.15, 0.2) is 0 Å². The van der Waals surface area contributed by atoms with Crippen molar-refractivity contribution in [3.63, 3.8) is 0 Å². The fraction of sp³-hybridized carbons (Fsp3) is 0.647. The minimum Gasteiger partial charge on any atom is -0.494 e. The Kier molecular flexibility index (Phi) is 7.57. The molecule has 0 heterocycles. The Hall–Kier alpha value is -1.02. The van der Waals surface area contributed by atoms with Crippen LogP contribution in [0.5, 0.6) is 5.75 Å². The van der Waals surface area contributed by atoms with Gasteiger partial charge in [0.1, 0.15) is 5.75 Å². The molecule has 0 spiro atoms. The fourth-order valence-corrected chi connectivity index (χ4v) is 2.58. The Morgan fingerprint density at radius 3 is 2.32 bits per heavy atom. The van der Waals surface area contributed by atoms with Gasteiger partial charge in [-0.05, 0) is 43.0 Å². The third-order valence-electron chi connectivity index (χ3n) is 3.66. The highest BCUT2D eigenvalue weighted by molar-refractivity contribution is 5.30. The van der Waals surface area contributed by atoms with Gasteiger partial charge in [0.05, 0.1) is 6.61 Å². The lowest BCUT2D eigenvalue weighted by molar-refractivity contribution is 0.339. The lowest BCUT2D eigenvalue weighted by atomic mass is 9.84. The van der Waals surface area contributed by atoms with E-state index in [9.17, 15) is 0 Å². The summed E-state index contributed by atoms with van der Waals surface area (Å²) in [6, 6.07) is 8.63. The van der Waals surface area contributed by atoms with Crippen LogP contribution in [0.3, 0.4) is 0 Å². The molecule has 2 heteroatoms. The van der Waals surface area contributed by atoms with Gasteiger partial charge in [-0.15, -0.1) is 0 Å². The lowest BCUT2D eigenvalue weighted by Crippen LogP contribution is -2.25. The molecule has 0 amide bonds. The summed E-state index contributed by atoms with van der Waals surface area (Å²) in [5.41, 5.74) is 1.42. The second kappa shape index (κ2) is 8.98. The molecule has 2 atom stereocenters. The van der Waals surface area contributed by atoms with Crippen LogP contribution in [-0.2, 0) is 0 Å². The van der Waals surface area contributed by atoms with Crippen LogP contribution in [0.15, 0.2) is 24.3 Å². The van der Waals surface area contributed by atoms with Crippen LogP contribution in [0, 0.1) is 5.92 Å². The molecule has 0 radical (unpaired) electrons. The van der Waals surface area contributed by atoms with E-state index in [1.165, 1.54) is 18.4 Å². The molecule has 0 fully saturated rings. The Labute approximate surface area is 118 Å². The van der Waals surface area contributed by atoms with E-state index in [0.29, 0.717) is 11.8 Å². The highest BCUT2D eigenvalue weighted by Crippen LogP contribution is 2.28. The molecule has 2 unspecified atom stereocenters. The van der Waals surface area contributed by atoms with E-state index in [2.05, 4.69) is 50.4 Å². The van der Waals surface area contributed by atoms with Gasteiger partial charge in [0.25, 0.3) is 0 Å². The molecule has 0 saturated heterocycles. The molecule has 0 aliphatic carbocycles. The quantitative estimate of drug-likeness (QED) is 0.720. The van der Waals surface area contributed by atoms with Crippen LogP contribution in [0.1, 0.15) is 52.0 Å². The molecule has 0 bridgehead atoms. The van der Waals surface area contributed by atoms with Crippen molar-refractivity contribution in [1.82, 2.24) is 5.32 Å². The zero-order chi connectivity index (χ0) is 14.1. The van der Waals surface area contributed by atoms with Gasteiger partial charge in [-0.1, -0.05) is 45.7 Å². The van der Waals surface area contributed by atoms with Crippen LogP contribution < -0.4 is 10.1 Å². The molecule has 1 N–H and O–H groups in total. The van der Waals surface area contributed by atoms with E-state index in [1.807, 2.05) is 6.92 Å². The van der Waals surface area contributed by atoms with E-state index in [4.69, 9.17) is 4.74 Å². The van der Waals surface area contributed by atoms with Crippen molar-refractivity contribution in [2.24, 2.45) is 5.92 Å². The number of rotatable bonds is 9. The number of nitrogens with one attached hydrogen (secondary N) is 1. The first-order valence-corrected chi connectivity index (χ1v) is 7.66. The van der Waals surface area contributed by atoms with E-state index in [-0.39, 0.29) is 0 Å². The topological polar surface area (TPSA) is 21.3 Å². The van der Waals surface area contributed by atoms with Crippen molar-refractivity contribution in [3.8, 4) is 5.75 Å². The van der Waals surface area contributed by atoms with E-state index in [1.54, 1.807) is 0 Å². The normalized spacial score (nSPS) is 14.1. The minimum absolute atomic E-state index is 0.593. The number of benzene rings is 1. The average molecular weight is 263 g/mol. The average Bonchev–Trinajstić information content (AvgIpc) is 2.41. The Balaban J connectivity index is 2.77. The molecule has 2 nitrogen and oxygen atoms in total. The molecule has 0 saturated carbocycles. The van der Waals surface area contributed by atoms with Gasteiger partial charge >= 0.3 is 0 Å². The standard InChI is InChI=1S/C17H29NO/c1-5-8-14(4)17(13-18-6-2)15-9-11-16(12-10-15)19-7-3/h9-12,14,17-18H,5-8,13H2,1-4H3. The van der Waals surface area contributed by atoms with E-state index < -0.39 is 0 Å². The second-order valence-electron chi connectivity index (χ2n) is 5.18. The number of ether oxygens (including phenoxy) is 1.